The molecule has 1 atom stereocenters. The van der Waals surface area contributed by atoms with Gasteiger partial charge in [0.15, 0.2) is 0 Å². The van der Waals surface area contributed by atoms with Crippen molar-refractivity contribution >= 4 is 5.91 Å². The minimum absolute atomic E-state index is 0.0644. The quantitative estimate of drug-likeness (QED) is 0.837. The number of amides is 1. The molecule has 1 unspecified atom stereocenters. The number of nitrogens with one attached hydrogen (secondary N) is 2. The van der Waals surface area contributed by atoms with Crippen LogP contribution in [0.15, 0.2) is 24.3 Å². The third-order valence-corrected chi connectivity index (χ3v) is 3.28. The molecule has 1 saturated heterocycles. The molecule has 1 aliphatic heterocycles. The van der Waals surface area contributed by atoms with Crippen molar-refractivity contribution in [1.82, 2.24) is 10.6 Å². The van der Waals surface area contributed by atoms with Gasteiger partial charge in [0.25, 0.3) is 5.91 Å². The van der Waals surface area contributed by atoms with Crippen molar-refractivity contribution in [2.45, 2.75) is 12.8 Å². The van der Waals surface area contributed by atoms with E-state index >= 15 is 0 Å². The van der Waals surface area contributed by atoms with Gasteiger partial charge in [-0.05, 0) is 56.1 Å². The Bertz CT molecular complexity index is 441. The first-order valence-electron chi connectivity index (χ1n) is 6.28. The van der Waals surface area contributed by atoms with E-state index in [4.69, 9.17) is 5.26 Å². The first-order valence-corrected chi connectivity index (χ1v) is 6.28. The normalized spacial score (nSPS) is 18.3. The van der Waals surface area contributed by atoms with E-state index in [-0.39, 0.29) is 5.91 Å². The van der Waals surface area contributed by atoms with Gasteiger partial charge in [-0.25, -0.2) is 0 Å². The predicted molar refractivity (Wildman–Crippen MR) is 69.1 cm³/mol. The predicted octanol–water partition coefficient (Wildman–Crippen LogP) is 1.29. The van der Waals surface area contributed by atoms with Gasteiger partial charge in [-0.15, -0.1) is 0 Å². The smallest absolute Gasteiger partial charge is 0.251 e. The minimum Gasteiger partial charge on any atom is -0.352 e. The first-order chi connectivity index (χ1) is 8.79. The zero-order chi connectivity index (χ0) is 12.8. The molecule has 0 radical (unpaired) electrons. The Morgan fingerprint density at radius 3 is 2.83 bits per heavy atom. The van der Waals surface area contributed by atoms with E-state index in [0.29, 0.717) is 23.6 Å². The second-order valence-corrected chi connectivity index (χ2v) is 4.59. The van der Waals surface area contributed by atoms with Crippen LogP contribution in [0, 0.1) is 17.2 Å². The van der Waals surface area contributed by atoms with Crippen LogP contribution in [0.1, 0.15) is 28.8 Å². The summed E-state index contributed by atoms with van der Waals surface area (Å²) in [5, 5.41) is 14.9. The number of hydrogen-bond acceptors (Lipinski definition) is 3. The number of hydrogen-bond donors (Lipinski definition) is 2. The molecule has 1 fully saturated rings. The fourth-order valence-corrected chi connectivity index (χ4v) is 2.15. The zero-order valence-corrected chi connectivity index (χ0v) is 10.3. The Balaban J connectivity index is 1.78. The first kappa shape index (κ1) is 12.6. The summed E-state index contributed by atoms with van der Waals surface area (Å²) >= 11 is 0. The molecule has 0 spiro atoms. The summed E-state index contributed by atoms with van der Waals surface area (Å²) in [5.74, 6) is 0.622. The van der Waals surface area contributed by atoms with Gasteiger partial charge in [0, 0.05) is 12.1 Å². The van der Waals surface area contributed by atoms with Crippen molar-refractivity contribution in [2.75, 3.05) is 19.6 Å². The molecule has 0 aromatic heterocycles. The third-order valence-electron chi connectivity index (χ3n) is 3.28. The van der Waals surface area contributed by atoms with Crippen LogP contribution >= 0.6 is 0 Å². The molecule has 1 aromatic carbocycles. The average molecular weight is 243 g/mol. The summed E-state index contributed by atoms with van der Waals surface area (Å²) < 4.78 is 0. The van der Waals surface area contributed by atoms with E-state index in [1.807, 2.05) is 6.07 Å². The zero-order valence-electron chi connectivity index (χ0n) is 10.3. The van der Waals surface area contributed by atoms with Gasteiger partial charge in [-0.2, -0.15) is 5.26 Å². The van der Waals surface area contributed by atoms with E-state index in [2.05, 4.69) is 10.6 Å². The second-order valence-electron chi connectivity index (χ2n) is 4.59. The Morgan fingerprint density at radius 1 is 1.44 bits per heavy atom. The van der Waals surface area contributed by atoms with Crippen molar-refractivity contribution in [3.63, 3.8) is 0 Å². The number of nitriles is 1. The molecule has 2 rings (SSSR count). The lowest BCUT2D eigenvalue weighted by Crippen LogP contribution is -2.26. The number of carbonyl (C=O) groups is 1. The maximum atomic E-state index is 11.8. The SMILES string of the molecule is N#Cc1ccc(C(=O)NCCC2CCNC2)cc1. The molecular weight excluding hydrogens is 226 g/mol. The number of nitrogens with zero attached hydrogens (tertiary/aromatic N) is 1. The summed E-state index contributed by atoms with van der Waals surface area (Å²) in [4.78, 5) is 11.8. The van der Waals surface area contributed by atoms with Crippen LogP contribution in [0.5, 0.6) is 0 Å². The van der Waals surface area contributed by atoms with E-state index in [9.17, 15) is 4.79 Å². The standard InChI is InChI=1S/C14H17N3O/c15-9-11-1-3-13(4-2-11)14(18)17-8-6-12-5-7-16-10-12/h1-4,12,16H,5-8,10H2,(H,17,18). The van der Waals surface area contributed by atoms with Crippen LogP contribution in [0.25, 0.3) is 0 Å². The van der Waals surface area contributed by atoms with Crippen LogP contribution in [0.4, 0.5) is 0 Å². The van der Waals surface area contributed by atoms with E-state index < -0.39 is 0 Å². The largest absolute Gasteiger partial charge is 0.352 e. The van der Waals surface area contributed by atoms with Crippen LogP contribution in [0.2, 0.25) is 0 Å². The Morgan fingerprint density at radius 2 is 2.22 bits per heavy atom. The summed E-state index contributed by atoms with van der Waals surface area (Å²) in [6.07, 6.45) is 2.22. The van der Waals surface area contributed by atoms with Gasteiger partial charge >= 0.3 is 0 Å². The van der Waals surface area contributed by atoms with Crippen LogP contribution < -0.4 is 10.6 Å². The minimum atomic E-state index is -0.0644. The van der Waals surface area contributed by atoms with Crippen molar-refractivity contribution < 1.29 is 4.79 Å². The van der Waals surface area contributed by atoms with Crippen molar-refractivity contribution in [1.29, 1.82) is 5.26 Å². The third kappa shape index (κ3) is 3.31. The Labute approximate surface area is 107 Å². The van der Waals surface area contributed by atoms with Crippen LogP contribution in [-0.2, 0) is 0 Å². The van der Waals surface area contributed by atoms with Crippen molar-refractivity contribution in [2.24, 2.45) is 5.92 Å². The molecule has 0 aliphatic carbocycles. The van der Waals surface area contributed by atoms with Crippen molar-refractivity contribution in [3.05, 3.63) is 35.4 Å². The van der Waals surface area contributed by atoms with Gasteiger partial charge in [-0.3, -0.25) is 4.79 Å². The molecule has 18 heavy (non-hydrogen) atoms. The number of rotatable bonds is 4. The van der Waals surface area contributed by atoms with Gasteiger partial charge < -0.3 is 10.6 Å². The molecule has 1 amide bonds. The van der Waals surface area contributed by atoms with E-state index in [1.165, 1.54) is 6.42 Å². The number of benzene rings is 1. The van der Waals surface area contributed by atoms with Crippen LogP contribution in [-0.4, -0.2) is 25.5 Å². The second kappa shape index (κ2) is 6.18. The topological polar surface area (TPSA) is 64.9 Å². The van der Waals surface area contributed by atoms with Gasteiger partial charge in [0.2, 0.25) is 0 Å². The molecule has 4 nitrogen and oxygen atoms in total. The van der Waals surface area contributed by atoms with Crippen molar-refractivity contribution in [3.8, 4) is 6.07 Å². The molecule has 4 heteroatoms. The van der Waals surface area contributed by atoms with Gasteiger partial charge in [0.05, 0.1) is 11.6 Å². The molecule has 94 valence electrons. The monoisotopic (exact) mass is 243 g/mol. The van der Waals surface area contributed by atoms with E-state index in [1.54, 1.807) is 24.3 Å². The highest BCUT2D eigenvalue weighted by Gasteiger charge is 2.14. The van der Waals surface area contributed by atoms with E-state index in [0.717, 1.165) is 19.5 Å². The highest BCUT2D eigenvalue weighted by Crippen LogP contribution is 2.11. The number of carbonyl (C=O) groups excluding carboxylic acids is 1. The maximum absolute atomic E-state index is 11.8. The summed E-state index contributed by atoms with van der Waals surface area (Å²) in [5.41, 5.74) is 1.18. The highest BCUT2D eigenvalue weighted by molar-refractivity contribution is 5.94. The summed E-state index contributed by atoms with van der Waals surface area (Å²) in [6, 6.07) is 8.73. The lowest BCUT2D eigenvalue weighted by molar-refractivity contribution is 0.0951. The molecule has 1 aliphatic rings. The average Bonchev–Trinajstić information content (AvgIpc) is 2.92. The molecule has 0 saturated carbocycles. The van der Waals surface area contributed by atoms with Gasteiger partial charge in [-0.1, -0.05) is 0 Å². The summed E-state index contributed by atoms with van der Waals surface area (Å²) in [6.45, 7) is 2.87. The van der Waals surface area contributed by atoms with Gasteiger partial charge in [0.1, 0.15) is 0 Å². The molecule has 2 N–H and O–H groups in total. The molecule has 0 bridgehead atoms. The lowest BCUT2D eigenvalue weighted by Gasteiger charge is -2.09. The molecule has 1 heterocycles. The Kier molecular flexibility index (Phi) is 4.32. The molecular formula is C14H17N3O. The highest BCUT2D eigenvalue weighted by atomic mass is 16.1. The Hall–Kier alpha value is -1.86. The fraction of sp³-hybridized carbons (Fsp3) is 0.429. The summed E-state index contributed by atoms with van der Waals surface area (Å²) in [7, 11) is 0. The maximum Gasteiger partial charge on any atom is 0.251 e. The van der Waals surface area contributed by atoms with Crippen LogP contribution in [0.3, 0.4) is 0 Å². The lowest BCUT2D eigenvalue weighted by atomic mass is 10.1. The molecule has 1 aromatic rings. The fourth-order valence-electron chi connectivity index (χ4n) is 2.15.